The first-order valence-corrected chi connectivity index (χ1v) is 5.85. The molecule has 1 aromatic rings. The summed E-state index contributed by atoms with van der Waals surface area (Å²) in [6.45, 7) is 5.51. The minimum Gasteiger partial charge on any atom is -0.466 e. The van der Waals surface area contributed by atoms with Gasteiger partial charge in [-0.25, -0.2) is 0 Å². The Bertz CT molecular complexity index is 399. The van der Waals surface area contributed by atoms with Crippen LogP contribution in [-0.4, -0.2) is 6.18 Å². The van der Waals surface area contributed by atoms with E-state index in [9.17, 15) is 13.2 Å². The van der Waals surface area contributed by atoms with Gasteiger partial charge in [-0.15, -0.1) is 0 Å². The van der Waals surface area contributed by atoms with Gasteiger partial charge in [0, 0.05) is 18.0 Å². The fourth-order valence-corrected chi connectivity index (χ4v) is 2.14. The summed E-state index contributed by atoms with van der Waals surface area (Å²) in [5.41, 5.74) is 4.39. The second kappa shape index (κ2) is 5.75. The molecule has 0 saturated carbocycles. The largest absolute Gasteiger partial charge is 0.466 e. The lowest BCUT2D eigenvalue weighted by atomic mass is 9.98. The highest BCUT2D eigenvalue weighted by Crippen LogP contribution is 2.31. The summed E-state index contributed by atoms with van der Waals surface area (Å²) in [7, 11) is 0. The SMILES string of the molecule is Cc1oc(C)c(C(CCCC(F)(F)F)NN)c1C. The van der Waals surface area contributed by atoms with Crippen LogP contribution >= 0.6 is 0 Å². The third-order valence-corrected chi connectivity index (χ3v) is 3.12. The van der Waals surface area contributed by atoms with Gasteiger partial charge in [-0.1, -0.05) is 0 Å². The fourth-order valence-electron chi connectivity index (χ4n) is 2.14. The fraction of sp³-hybridized carbons (Fsp3) is 0.667. The van der Waals surface area contributed by atoms with Crippen LogP contribution in [0, 0.1) is 20.8 Å². The molecule has 18 heavy (non-hydrogen) atoms. The van der Waals surface area contributed by atoms with Crippen molar-refractivity contribution in [1.82, 2.24) is 5.43 Å². The van der Waals surface area contributed by atoms with E-state index < -0.39 is 12.6 Å². The Hall–Kier alpha value is -1.01. The van der Waals surface area contributed by atoms with Gasteiger partial charge in [0.05, 0.1) is 0 Å². The van der Waals surface area contributed by atoms with Crippen molar-refractivity contribution in [3.8, 4) is 0 Å². The average Bonchev–Trinajstić information content (AvgIpc) is 2.48. The lowest BCUT2D eigenvalue weighted by molar-refractivity contribution is -0.135. The quantitative estimate of drug-likeness (QED) is 0.632. The second-order valence-corrected chi connectivity index (χ2v) is 4.48. The van der Waals surface area contributed by atoms with Crippen LogP contribution in [0.3, 0.4) is 0 Å². The highest BCUT2D eigenvalue weighted by atomic mass is 19.4. The topological polar surface area (TPSA) is 51.2 Å². The minimum absolute atomic E-state index is 0.0431. The number of hydrogen-bond donors (Lipinski definition) is 2. The highest BCUT2D eigenvalue weighted by molar-refractivity contribution is 5.34. The number of furan rings is 1. The van der Waals surface area contributed by atoms with Gasteiger partial charge in [0.1, 0.15) is 11.5 Å². The number of hydrogen-bond acceptors (Lipinski definition) is 3. The lowest BCUT2D eigenvalue weighted by Crippen LogP contribution is -2.29. The van der Waals surface area contributed by atoms with Gasteiger partial charge >= 0.3 is 6.18 Å². The van der Waals surface area contributed by atoms with E-state index in [1.165, 1.54) is 0 Å². The van der Waals surface area contributed by atoms with Crippen molar-refractivity contribution < 1.29 is 17.6 Å². The van der Waals surface area contributed by atoms with Gasteiger partial charge in [0.25, 0.3) is 0 Å². The number of rotatable bonds is 5. The second-order valence-electron chi connectivity index (χ2n) is 4.48. The number of aryl methyl sites for hydroxylation is 2. The molecule has 1 aromatic heterocycles. The first-order chi connectivity index (χ1) is 8.26. The van der Waals surface area contributed by atoms with Crippen molar-refractivity contribution in [1.29, 1.82) is 0 Å². The van der Waals surface area contributed by atoms with Gasteiger partial charge < -0.3 is 4.42 Å². The molecule has 0 aliphatic rings. The average molecular weight is 264 g/mol. The maximum atomic E-state index is 12.1. The predicted molar refractivity (Wildman–Crippen MR) is 62.9 cm³/mol. The monoisotopic (exact) mass is 264 g/mol. The summed E-state index contributed by atoms with van der Waals surface area (Å²) in [5.74, 6) is 6.91. The molecule has 0 spiro atoms. The number of nitrogens with one attached hydrogen (secondary N) is 1. The third kappa shape index (κ3) is 3.74. The summed E-state index contributed by atoms with van der Waals surface area (Å²) < 4.78 is 41.8. The van der Waals surface area contributed by atoms with E-state index in [2.05, 4.69) is 5.43 Å². The molecule has 0 saturated heterocycles. The molecule has 104 valence electrons. The summed E-state index contributed by atoms with van der Waals surface area (Å²) in [4.78, 5) is 0. The van der Waals surface area contributed by atoms with E-state index in [-0.39, 0.29) is 12.5 Å². The third-order valence-electron chi connectivity index (χ3n) is 3.12. The van der Waals surface area contributed by atoms with Crippen LogP contribution in [0.15, 0.2) is 4.42 Å². The molecule has 0 bridgehead atoms. The molecule has 1 heterocycles. The minimum atomic E-state index is -4.12. The Balaban J connectivity index is 2.72. The van der Waals surface area contributed by atoms with Crippen molar-refractivity contribution in [3.05, 3.63) is 22.6 Å². The van der Waals surface area contributed by atoms with Gasteiger partial charge in [-0.05, 0) is 39.2 Å². The molecule has 1 unspecified atom stereocenters. The van der Waals surface area contributed by atoms with Crippen LogP contribution in [0.1, 0.15) is 48.0 Å². The van der Waals surface area contributed by atoms with Crippen LogP contribution < -0.4 is 11.3 Å². The van der Waals surface area contributed by atoms with Gasteiger partial charge in [0.2, 0.25) is 0 Å². The summed E-state index contributed by atoms with van der Waals surface area (Å²) in [6, 6.07) is -0.301. The van der Waals surface area contributed by atoms with Crippen molar-refractivity contribution in [2.45, 2.75) is 52.3 Å². The van der Waals surface area contributed by atoms with E-state index >= 15 is 0 Å². The molecule has 3 N–H and O–H groups in total. The molecule has 0 amide bonds. The molecule has 1 atom stereocenters. The Morgan fingerprint density at radius 1 is 1.22 bits per heavy atom. The number of hydrazine groups is 1. The predicted octanol–water partition coefficient (Wildman–Crippen LogP) is 3.44. The molecule has 0 fully saturated rings. The summed E-state index contributed by atoms with van der Waals surface area (Å²) in [6.07, 6.45) is -4.53. The van der Waals surface area contributed by atoms with Gasteiger partial charge in [0.15, 0.2) is 0 Å². The van der Waals surface area contributed by atoms with E-state index in [1.54, 1.807) is 6.92 Å². The summed E-state index contributed by atoms with van der Waals surface area (Å²) in [5, 5.41) is 0. The smallest absolute Gasteiger partial charge is 0.389 e. The molecule has 3 nitrogen and oxygen atoms in total. The molecule has 6 heteroatoms. The standard InChI is InChI=1S/C12H19F3N2O/c1-7-8(2)18-9(3)11(7)10(17-16)5-4-6-12(13,14)15/h10,17H,4-6,16H2,1-3H3. The van der Waals surface area contributed by atoms with Crippen LogP contribution in [0.2, 0.25) is 0 Å². The molecule has 0 aromatic carbocycles. The molecule has 0 aliphatic heterocycles. The van der Waals surface area contributed by atoms with Gasteiger partial charge in [-0.3, -0.25) is 11.3 Å². The van der Waals surface area contributed by atoms with Crippen molar-refractivity contribution in [2.75, 3.05) is 0 Å². The van der Waals surface area contributed by atoms with E-state index in [4.69, 9.17) is 10.3 Å². The molecular formula is C12H19F3N2O. The normalized spacial score (nSPS) is 13.9. The van der Waals surface area contributed by atoms with Crippen LogP contribution in [0.5, 0.6) is 0 Å². The van der Waals surface area contributed by atoms with Crippen LogP contribution in [-0.2, 0) is 0 Å². The zero-order chi connectivity index (χ0) is 13.9. The van der Waals surface area contributed by atoms with E-state index in [1.807, 2.05) is 13.8 Å². The van der Waals surface area contributed by atoms with Gasteiger partial charge in [-0.2, -0.15) is 13.2 Å². The van der Waals surface area contributed by atoms with E-state index in [0.29, 0.717) is 12.2 Å². The first kappa shape index (κ1) is 15.0. The zero-order valence-electron chi connectivity index (χ0n) is 10.8. The Morgan fingerprint density at radius 2 is 1.83 bits per heavy atom. The lowest BCUT2D eigenvalue weighted by Gasteiger charge is -2.17. The van der Waals surface area contributed by atoms with Crippen molar-refractivity contribution in [3.63, 3.8) is 0 Å². The number of alkyl halides is 3. The number of halogens is 3. The molecule has 0 radical (unpaired) electrons. The number of nitrogens with two attached hydrogens (primary N) is 1. The van der Waals surface area contributed by atoms with Crippen LogP contribution in [0.25, 0.3) is 0 Å². The highest BCUT2D eigenvalue weighted by Gasteiger charge is 2.27. The molecule has 1 rings (SSSR count). The summed E-state index contributed by atoms with van der Waals surface area (Å²) >= 11 is 0. The maximum absolute atomic E-state index is 12.1. The molecular weight excluding hydrogens is 245 g/mol. The zero-order valence-corrected chi connectivity index (χ0v) is 10.8. The Kier molecular flexibility index (Phi) is 4.81. The first-order valence-electron chi connectivity index (χ1n) is 5.85. The van der Waals surface area contributed by atoms with Crippen molar-refractivity contribution in [2.24, 2.45) is 5.84 Å². The maximum Gasteiger partial charge on any atom is 0.389 e. The Morgan fingerprint density at radius 3 is 2.22 bits per heavy atom. The Labute approximate surface area is 105 Å². The van der Waals surface area contributed by atoms with Crippen molar-refractivity contribution >= 4 is 0 Å². The van der Waals surface area contributed by atoms with Crippen LogP contribution in [0.4, 0.5) is 13.2 Å². The molecule has 0 aliphatic carbocycles. The van der Waals surface area contributed by atoms with E-state index in [0.717, 1.165) is 16.9 Å².